The minimum atomic E-state index is 0.0103. The summed E-state index contributed by atoms with van der Waals surface area (Å²) < 4.78 is 9.22. The van der Waals surface area contributed by atoms with Gasteiger partial charge in [0.2, 0.25) is 0 Å². The summed E-state index contributed by atoms with van der Waals surface area (Å²) in [4.78, 5) is 16.9. The summed E-state index contributed by atoms with van der Waals surface area (Å²) >= 11 is 0. The van der Waals surface area contributed by atoms with Crippen molar-refractivity contribution in [3.63, 3.8) is 0 Å². The summed E-state index contributed by atoms with van der Waals surface area (Å²) in [6.07, 6.45) is 6.84. The molecular weight excluding hydrogens is 344 g/mol. The largest absolute Gasteiger partial charge is 0.378 e. The summed E-state index contributed by atoms with van der Waals surface area (Å²) in [5, 5.41) is 8.95. The molecule has 0 unspecified atom stereocenters. The number of aryl methyl sites for hydroxylation is 1. The Labute approximate surface area is 159 Å². The fourth-order valence-corrected chi connectivity index (χ4v) is 3.67. The third kappa shape index (κ3) is 4.12. The summed E-state index contributed by atoms with van der Waals surface area (Å²) in [6, 6.07) is 1.96. The normalized spacial score (nSPS) is 18.1. The molecule has 1 saturated heterocycles. The van der Waals surface area contributed by atoms with Crippen LogP contribution in [0.15, 0.2) is 31.1 Å². The van der Waals surface area contributed by atoms with Gasteiger partial charge in [-0.1, -0.05) is 6.08 Å². The highest BCUT2D eigenvalue weighted by Gasteiger charge is 2.24. The zero-order valence-electron chi connectivity index (χ0n) is 15.6. The zero-order valence-corrected chi connectivity index (χ0v) is 15.6. The van der Waals surface area contributed by atoms with Crippen LogP contribution >= 0.6 is 0 Å². The number of hydrogen-bond acceptors (Lipinski definition) is 5. The Bertz CT molecular complexity index is 805. The van der Waals surface area contributed by atoms with Crippen LogP contribution in [0.2, 0.25) is 0 Å². The average molecular weight is 370 g/mol. The van der Waals surface area contributed by atoms with Gasteiger partial charge in [-0.25, -0.2) is 0 Å². The molecule has 0 spiro atoms. The second-order valence-corrected chi connectivity index (χ2v) is 7.07. The van der Waals surface area contributed by atoms with Crippen molar-refractivity contribution >= 4 is 5.91 Å². The van der Waals surface area contributed by atoms with E-state index in [1.54, 1.807) is 0 Å². The van der Waals surface area contributed by atoms with Crippen molar-refractivity contribution in [3.8, 4) is 0 Å². The summed E-state index contributed by atoms with van der Waals surface area (Å²) in [5.74, 6) is 0.0103. The Balaban J connectivity index is 1.44. The van der Waals surface area contributed by atoms with Crippen LogP contribution in [-0.2, 0) is 30.9 Å². The van der Waals surface area contributed by atoms with E-state index < -0.39 is 0 Å². The number of ether oxygens (including phenoxy) is 1. The molecule has 1 amide bonds. The maximum absolute atomic E-state index is 12.7. The maximum atomic E-state index is 12.7. The van der Waals surface area contributed by atoms with Crippen molar-refractivity contribution in [2.75, 3.05) is 32.8 Å². The first-order chi connectivity index (χ1) is 13.2. The number of fused-ring (bicyclic) bond motifs is 1. The molecule has 8 nitrogen and oxygen atoms in total. The second kappa shape index (κ2) is 8.06. The van der Waals surface area contributed by atoms with Gasteiger partial charge in [0.25, 0.3) is 5.91 Å². The van der Waals surface area contributed by atoms with Crippen LogP contribution in [0.3, 0.4) is 0 Å². The summed E-state index contributed by atoms with van der Waals surface area (Å²) in [5.41, 5.74) is 2.84. The van der Waals surface area contributed by atoms with E-state index in [0.29, 0.717) is 32.0 Å². The van der Waals surface area contributed by atoms with Crippen LogP contribution < -0.4 is 0 Å². The fourth-order valence-electron chi connectivity index (χ4n) is 3.67. The molecule has 8 heteroatoms. The third-order valence-electron chi connectivity index (χ3n) is 5.02. The second-order valence-electron chi connectivity index (χ2n) is 7.07. The summed E-state index contributed by atoms with van der Waals surface area (Å²) in [6.45, 7) is 10.4. The third-order valence-corrected chi connectivity index (χ3v) is 5.02. The Morgan fingerprint density at radius 3 is 2.93 bits per heavy atom. The number of nitrogens with zero attached hydrogens (tertiary/aromatic N) is 6. The Hall–Kier alpha value is -2.45. The van der Waals surface area contributed by atoms with Crippen molar-refractivity contribution in [1.82, 2.24) is 29.4 Å². The molecule has 0 saturated carbocycles. The van der Waals surface area contributed by atoms with Crippen molar-refractivity contribution in [2.24, 2.45) is 0 Å². The topological polar surface area (TPSA) is 68.4 Å². The number of morpholine rings is 1. The lowest BCUT2D eigenvalue weighted by molar-refractivity contribution is 0.0298. The van der Waals surface area contributed by atoms with Gasteiger partial charge in [0.05, 0.1) is 31.6 Å². The highest BCUT2D eigenvalue weighted by atomic mass is 16.5. The van der Waals surface area contributed by atoms with Gasteiger partial charge < -0.3 is 9.64 Å². The van der Waals surface area contributed by atoms with E-state index in [0.717, 1.165) is 44.8 Å². The number of carbonyl (C=O) groups excluding carboxylic acids is 1. The smallest absolute Gasteiger partial charge is 0.274 e. The number of aromatic nitrogens is 4. The average Bonchev–Trinajstić information content (AvgIpc) is 3.25. The fraction of sp³-hybridized carbons (Fsp3) is 0.526. The van der Waals surface area contributed by atoms with Gasteiger partial charge in [-0.2, -0.15) is 10.2 Å². The molecular formula is C19H26N6O2. The SMILES string of the molecule is C=CCn1cc(CN2CCCn3nc(C(=O)N4CCOCC4)cc3C2)cn1. The molecule has 0 bridgehead atoms. The van der Waals surface area contributed by atoms with Gasteiger partial charge in [0, 0.05) is 51.0 Å². The van der Waals surface area contributed by atoms with Crippen LogP contribution in [-0.4, -0.2) is 68.1 Å². The van der Waals surface area contributed by atoms with Crippen LogP contribution in [0, 0.1) is 0 Å². The molecule has 2 aromatic heterocycles. The van der Waals surface area contributed by atoms with Gasteiger partial charge in [-0.3, -0.25) is 19.1 Å². The Morgan fingerprint density at radius 2 is 2.11 bits per heavy atom. The van der Waals surface area contributed by atoms with E-state index in [1.165, 1.54) is 5.56 Å². The molecule has 2 aliphatic heterocycles. The van der Waals surface area contributed by atoms with Crippen molar-refractivity contribution in [2.45, 2.75) is 32.6 Å². The van der Waals surface area contributed by atoms with Gasteiger partial charge in [0.1, 0.15) is 0 Å². The lowest BCUT2D eigenvalue weighted by Gasteiger charge is -2.26. The van der Waals surface area contributed by atoms with Gasteiger partial charge in [-0.15, -0.1) is 6.58 Å². The highest BCUT2D eigenvalue weighted by Crippen LogP contribution is 2.17. The van der Waals surface area contributed by atoms with E-state index in [4.69, 9.17) is 4.74 Å². The minimum Gasteiger partial charge on any atom is -0.378 e. The quantitative estimate of drug-likeness (QED) is 0.739. The summed E-state index contributed by atoms with van der Waals surface area (Å²) in [7, 11) is 0. The first kappa shape index (κ1) is 17.9. The van der Waals surface area contributed by atoms with E-state index in [1.807, 2.05) is 32.6 Å². The van der Waals surface area contributed by atoms with Crippen molar-refractivity contribution < 1.29 is 9.53 Å². The highest BCUT2D eigenvalue weighted by molar-refractivity contribution is 5.92. The molecule has 2 aromatic rings. The van der Waals surface area contributed by atoms with Gasteiger partial charge in [-0.05, 0) is 12.5 Å². The lowest BCUT2D eigenvalue weighted by Crippen LogP contribution is -2.40. The predicted octanol–water partition coefficient (Wildman–Crippen LogP) is 1.14. The lowest BCUT2D eigenvalue weighted by atomic mass is 10.2. The first-order valence-corrected chi connectivity index (χ1v) is 9.51. The number of rotatable bonds is 5. The monoisotopic (exact) mass is 370 g/mol. The molecule has 0 radical (unpaired) electrons. The molecule has 0 atom stereocenters. The molecule has 1 fully saturated rings. The van der Waals surface area contributed by atoms with Gasteiger partial charge in [0.15, 0.2) is 5.69 Å². The van der Waals surface area contributed by atoms with Gasteiger partial charge >= 0.3 is 0 Å². The number of amides is 1. The van der Waals surface area contributed by atoms with E-state index in [-0.39, 0.29) is 5.91 Å². The first-order valence-electron chi connectivity index (χ1n) is 9.51. The molecule has 0 aromatic carbocycles. The van der Waals surface area contributed by atoms with Crippen molar-refractivity contribution in [1.29, 1.82) is 0 Å². The zero-order chi connectivity index (χ0) is 18.6. The van der Waals surface area contributed by atoms with Crippen LogP contribution in [0.1, 0.15) is 28.2 Å². The minimum absolute atomic E-state index is 0.0103. The molecule has 4 heterocycles. The van der Waals surface area contributed by atoms with Crippen LogP contribution in [0.25, 0.3) is 0 Å². The number of hydrogen-bond donors (Lipinski definition) is 0. The Morgan fingerprint density at radius 1 is 1.26 bits per heavy atom. The van der Waals surface area contributed by atoms with Crippen molar-refractivity contribution in [3.05, 3.63) is 48.1 Å². The predicted molar refractivity (Wildman–Crippen MR) is 100 cm³/mol. The Kier molecular flexibility index (Phi) is 5.35. The number of carbonyl (C=O) groups is 1. The van der Waals surface area contributed by atoms with E-state index in [2.05, 4.69) is 27.9 Å². The molecule has 0 aliphatic carbocycles. The number of allylic oxidation sites excluding steroid dienone is 1. The maximum Gasteiger partial charge on any atom is 0.274 e. The molecule has 144 valence electrons. The molecule has 2 aliphatic rings. The van der Waals surface area contributed by atoms with Crippen LogP contribution in [0.5, 0.6) is 0 Å². The van der Waals surface area contributed by atoms with E-state index in [9.17, 15) is 4.79 Å². The van der Waals surface area contributed by atoms with Crippen LogP contribution in [0.4, 0.5) is 0 Å². The molecule has 4 rings (SSSR count). The molecule has 27 heavy (non-hydrogen) atoms. The standard InChI is InChI=1S/C19H26N6O2/c1-2-4-24-14-16(12-20-24)13-22-5-3-6-25-17(15-22)11-18(21-25)19(26)23-7-9-27-10-8-23/h2,11-12,14H,1,3-10,13,15H2. The van der Waals surface area contributed by atoms with E-state index >= 15 is 0 Å². The molecule has 0 N–H and O–H groups in total.